The number of nitrogens with zero attached hydrogens (tertiary/aromatic N) is 3. The third-order valence-corrected chi connectivity index (χ3v) is 17.6. The molecule has 3 heterocycles. The van der Waals surface area contributed by atoms with Crippen molar-refractivity contribution in [1.82, 2.24) is 36.0 Å². The van der Waals surface area contributed by atoms with Crippen molar-refractivity contribution in [1.29, 1.82) is 0 Å². The summed E-state index contributed by atoms with van der Waals surface area (Å²) in [4.78, 5) is 225. The quantitative estimate of drug-likeness (QED) is 0.0209. The molecule has 6 atom stereocenters. The Balaban J connectivity index is -0.000000415. The number of Topliss-reactive ketones (excluding diaryl/α,β-unsaturated/α-hetero) is 10. The van der Waals surface area contributed by atoms with Gasteiger partial charge in [0.15, 0.2) is 0 Å². The molecule has 0 aliphatic carbocycles. The molecule has 8 amide bonds. The van der Waals surface area contributed by atoms with E-state index < -0.39 is 47.5 Å². The lowest BCUT2D eigenvalue weighted by Crippen LogP contribution is -2.41. The highest BCUT2D eigenvalue weighted by atomic mass is 32.1. The first-order chi connectivity index (χ1) is 54.2. The van der Waals surface area contributed by atoms with Crippen molar-refractivity contribution in [2.24, 2.45) is 58.1 Å². The molecule has 6 unspecified atom stereocenters. The van der Waals surface area contributed by atoms with Crippen LogP contribution in [0.15, 0.2) is 36.5 Å². The van der Waals surface area contributed by atoms with Crippen LogP contribution in [-0.2, 0) is 95.9 Å². The molecule has 0 saturated carbocycles. The van der Waals surface area contributed by atoms with Crippen LogP contribution < -0.4 is 55.7 Å². The Hall–Kier alpha value is -7.00. The summed E-state index contributed by atoms with van der Waals surface area (Å²) >= 11 is 23.5. The Morgan fingerprint density at radius 3 is 0.983 bits per heavy atom. The van der Waals surface area contributed by atoms with Crippen LogP contribution in [0, 0.1) is 23.7 Å². The molecule has 0 saturated heterocycles. The second kappa shape index (κ2) is 74.5. The molecule has 0 spiro atoms. The van der Waals surface area contributed by atoms with Gasteiger partial charge in [-0.2, -0.15) is 75.8 Å². The number of carbonyl (C=O) groups excluding carboxylic acids is 18. The number of carboxylic acids is 2. The number of carboxylic acid groups (broad SMARTS) is 2. The second-order valence-electron chi connectivity index (χ2n) is 25.8. The summed E-state index contributed by atoms with van der Waals surface area (Å²) in [6, 6.07) is -1.11. The van der Waals surface area contributed by atoms with Crippen molar-refractivity contribution in [3.05, 3.63) is 36.5 Å². The predicted octanol–water partition coefficient (Wildman–Crippen LogP) is -0.408. The molecule has 0 aromatic heterocycles. The van der Waals surface area contributed by atoms with E-state index in [-0.39, 0.29) is 184 Å². The third-order valence-electron chi connectivity index (χ3n) is 16.1. The maximum Gasteiger partial charge on any atom is 0.320 e. The number of nitrogens with two attached hydrogens (primary N) is 6. The zero-order valence-corrected chi connectivity index (χ0v) is 72.0. The van der Waals surface area contributed by atoms with Gasteiger partial charge in [-0.3, -0.25) is 116 Å². The first-order valence-corrected chi connectivity index (χ1v) is 41.1. The van der Waals surface area contributed by atoms with E-state index >= 15 is 0 Å². The van der Waals surface area contributed by atoms with Crippen LogP contribution >= 0.6 is 75.8 Å². The molecule has 3 aliphatic rings. The Morgan fingerprint density at radius 1 is 0.365 bits per heavy atom. The average molecular weight is 1740 g/mol. The number of hydrogen-bond donors (Lipinski definition) is 18. The highest BCUT2D eigenvalue weighted by Gasteiger charge is 2.26. The number of ketones is 10. The summed E-state index contributed by atoms with van der Waals surface area (Å²) in [6.07, 6.45) is 16.8. The van der Waals surface area contributed by atoms with Gasteiger partial charge in [0.25, 0.3) is 35.4 Å². The normalized spacial score (nSPS) is 13.7. The molecular weight excluding hydrogens is 1620 g/mol. The van der Waals surface area contributed by atoms with Crippen LogP contribution in [0.4, 0.5) is 0 Å². The fourth-order valence-electron chi connectivity index (χ4n) is 9.21. The van der Waals surface area contributed by atoms with Gasteiger partial charge >= 0.3 is 11.9 Å². The van der Waals surface area contributed by atoms with Gasteiger partial charge in [-0.05, 0) is 134 Å². The largest absolute Gasteiger partial charge is 0.480 e. The zero-order valence-electron chi connectivity index (χ0n) is 66.6. The summed E-state index contributed by atoms with van der Waals surface area (Å²) < 4.78 is 0. The Bertz CT molecular complexity index is 3130. The minimum absolute atomic E-state index is 0.00463. The van der Waals surface area contributed by atoms with E-state index in [1.165, 1.54) is 64.2 Å². The maximum atomic E-state index is 11.8. The van der Waals surface area contributed by atoms with E-state index in [1.807, 2.05) is 0 Å². The van der Waals surface area contributed by atoms with E-state index in [2.05, 4.69) is 97.0 Å². The van der Waals surface area contributed by atoms with Gasteiger partial charge in [0.05, 0.1) is 32.2 Å². The predicted molar refractivity (Wildman–Crippen MR) is 455 cm³/mol. The molecule has 0 radical (unpaired) electrons. The van der Waals surface area contributed by atoms with Crippen molar-refractivity contribution in [3.8, 4) is 0 Å². The fourth-order valence-corrected chi connectivity index (χ4v) is 10.7. The van der Waals surface area contributed by atoms with Crippen LogP contribution in [0.5, 0.6) is 0 Å². The maximum absolute atomic E-state index is 11.8. The van der Waals surface area contributed by atoms with Crippen LogP contribution in [-0.4, -0.2) is 274 Å². The molecule has 0 aromatic rings. The molecule has 3 rings (SSSR count). The molecule has 115 heavy (non-hydrogen) atoms. The lowest BCUT2D eigenvalue weighted by Gasteiger charge is -2.14. The van der Waals surface area contributed by atoms with Crippen LogP contribution in [0.2, 0.25) is 0 Å². The molecule has 0 aromatic carbocycles. The summed E-state index contributed by atoms with van der Waals surface area (Å²) in [7, 11) is 0. The summed E-state index contributed by atoms with van der Waals surface area (Å²) in [5.74, 6) is -2.02. The second-order valence-corrected chi connectivity index (χ2v) is 28.4. The van der Waals surface area contributed by atoms with Crippen LogP contribution in [0.3, 0.4) is 0 Å². The summed E-state index contributed by atoms with van der Waals surface area (Å²) in [5.41, 5.74) is 31.7. The van der Waals surface area contributed by atoms with Crippen molar-refractivity contribution >= 4 is 193 Å². The number of hydrogen-bond acceptors (Lipinski definition) is 34. The standard InChI is InChI=1S/C18H22N4O6.C11H21NO2S.C10H13N3O5.C10H19NO2S.C9H17NO2S.C8H15NO2S.C4H9NO2S.C4H9NOS/c23-13(3-1-2-9-21-15(25)4-5-16(21)26)11-19-12-14(24)20-8-10-22-17(27)6-7-18(22)28;1-9(13)10(4-2-3-6-12)8-11(14)5-7-15;14-7(5-11-6-10(17)18)12-3-4-13-8(15)1-2-9(13)16;1-8(12)9(3-2-5-11)7-10(13)4-6-14;1-7(11)8(2-4-10)6-9(12)3-5-13;1-6(10)7(5-9)4-8(11)2-3-12;5-3(1-2-8)4(6)7;1-3(6)4(5)2-7/h4-7,19H,1-3,8-12H2,(H,20,24);10,15H,2-8,12H2,1H3;1-2,11H,3-6H2,(H,12,14)(H,17,18);9,14H,2-7,11H2,1H3;8,13H,2-6,10H2,1H3;7,12H,2-5,9H2,1H3;3,8H,1-2,5H2,(H,6,7);4,7H,2,5H2,1H3. The number of amides is 8. The first-order valence-electron chi connectivity index (χ1n) is 37.3. The third kappa shape index (κ3) is 65.7. The number of unbranched alkanes of at least 4 members (excludes halogenated alkanes) is 2. The van der Waals surface area contributed by atoms with Gasteiger partial charge < -0.3 is 60.6 Å². The molecule has 3 aliphatic heterocycles. The van der Waals surface area contributed by atoms with Crippen molar-refractivity contribution in [3.63, 3.8) is 0 Å². The molecule has 41 heteroatoms. The highest BCUT2D eigenvalue weighted by Crippen LogP contribution is 2.17. The minimum atomic E-state index is -1.05. The zero-order chi connectivity index (χ0) is 89.0. The molecule has 654 valence electrons. The van der Waals surface area contributed by atoms with Gasteiger partial charge in [-0.15, -0.1) is 0 Å². The van der Waals surface area contributed by atoms with E-state index in [0.717, 1.165) is 46.8 Å². The molecule has 18 N–H and O–H groups in total. The SMILES string of the molecule is CC(=O)C(CCCCN)CC(=O)CCS.CC(=O)C(CCCN)CC(=O)CCS.CC(=O)C(CCN)CC(=O)CCS.CC(=O)C(CN)CC(=O)CCS.CC(=O)C(N)CS.NC(CCS)C(=O)O.O=C(CCCCN1C(=O)C=CC1=O)CNCC(=O)NCCN1C(=O)C=CC1=O.O=C(O)CNCC(=O)NCCN1C(=O)C=CC1=O. The number of nitrogens with one attached hydrogen (secondary N) is 4. The monoisotopic (exact) mass is 1740 g/mol. The van der Waals surface area contributed by atoms with E-state index in [1.54, 1.807) is 6.92 Å². The smallest absolute Gasteiger partial charge is 0.320 e. The number of thiol groups is 6. The number of rotatable bonds is 54. The Kier molecular flexibility index (Phi) is 75.5. The number of imide groups is 3. The minimum Gasteiger partial charge on any atom is -0.480 e. The molecule has 0 bridgehead atoms. The van der Waals surface area contributed by atoms with Gasteiger partial charge in [0.1, 0.15) is 63.9 Å². The Morgan fingerprint density at radius 2 is 0.704 bits per heavy atom. The molecule has 0 fully saturated rings. The highest BCUT2D eigenvalue weighted by molar-refractivity contribution is 7.81. The van der Waals surface area contributed by atoms with E-state index in [0.29, 0.717) is 125 Å². The lowest BCUT2D eigenvalue weighted by atomic mass is 9.92. The Labute approximate surface area is 707 Å². The number of aliphatic carboxylic acids is 2. The van der Waals surface area contributed by atoms with E-state index in [9.17, 15) is 95.9 Å². The van der Waals surface area contributed by atoms with Gasteiger partial charge in [-0.25, -0.2) is 0 Å². The van der Waals surface area contributed by atoms with Crippen molar-refractivity contribution < 1.29 is 106 Å². The van der Waals surface area contributed by atoms with E-state index in [4.69, 9.17) is 44.6 Å². The van der Waals surface area contributed by atoms with Crippen molar-refractivity contribution in [2.45, 2.75) is 162 Å². The van der Waals surface area contributed by atoms with Crippen LogP contribution in [0.25, 0.3) is 0 Å². The molecule has 35 nitrogen and oxygen atoms in total. The van der Waals surface area contributed by atoms with Crippen molar-refractivity contribution in [2.75, 3.05) is 120 Å². The molecular formula is C74H125N13O22S6. The van der Waals surface area contributed by atoms with Gasteiger partial charge in [0, 0.05) is 163 Å². The fraction of sp³-hybridized carbons (Fsp3) is 0.649. The number of carbonyl (C=O) groups is 20. The lowest BCUT2D eigenvalue weighted by molar-refractivity contribution is -0.139. The van der Waals surface area contributed by atoms with Gasteiger partial charge in [-0.1, -0.05) is 6.42 Å². The average Bonchev–Trinajstić information content (AvgIpc) is 1.75. The summed E-state index contributed by atoms with van der Waals surface area (Å²) in [5, 5.41) is 26.6. The van der Waals surface area contributed by atoms with Crippen LogP contribution in [0.1, 0.15) is 150 Å². The summed E-state index contributed by atoms with van der Waals surface area (Å²) in [6.45, 7) is 9.73. The van der Waals surface area contributed by atoms with Gasteiger partial charge in [0.2, 0.25) is 11.8 Å². The first kappa shape index (κ1) is 117. The topological polar surface area (TPSA) is 596 Å².